The van der Waals surface area contributed by atoms with Crippen molar-refractivity contribution in [2.45, 2.75) is 6.92 Å². The van der Waals surface area contributed by atoms with Gasteiger partial charge in [0.2, 0.25) is 5.43 Å². The summed E-state index contributed by atoms with van der Waals surface area (Å²) in [5.74, 6) is 0. The van der Waals surface area contributed by atoms with Gasteiger partial charge in [-0.1, -0.05) is 12.1 Å². The first kappa shape index (κ1) is 12.3. The van der Waals surface area contributed by atoms with Crippen molar-refractivity contribution in [2.24, 2.45) is 10.8 Å². The summed E-state index contributed by atoms with van der Waals surface area (Å²) in [5, 5.41) is 4.46. The summed E-state index contributed by atoms with van der Waals surface area (Å²) in [5.41, 5.74) is 8.93. The summed E-state index contributed by atoms with van der Waals surface area (Å²) < 4.78 is 5.38. The molecule has 3 N–H and O–H groups in total. The van der Waals surface area contributed by atoms with Crippen LogP contribution < -0.4 is 16.6 Å². The third-order valence-electron chi connectivity index (χ3n) is 2.40. The largest absolute Gasteiger partial charge is 0.463 e. The van der Waals surface area contributed by atoms with Crippen LogP contribution in [0.2, 0.25) is 0 Å². The highest BCUT2D eigenvalue weighted by molar-refractivity contribution is 7.80. The molecule has 0 bridgehead atoms. The molecule has 1 aromatic carbocycles. The molecule has 0 aliphatic carbocycles. The molecule has 6 heteroatoms. The van der Waals surface area contributed by atoms with Gasteiger partial charge in [-0.25, -0.2) is 0 Å². The monoisotopic (exact) mass is 261 g/mol. The third-order valence-corrected chi connectivity index (χ3v) is 2.49. The van der Waals surface area contributed by atoms with Crippen molar-refractivity contribution >= 4 is 34.0 Å². The lowest BCUT2D eigenvalue weighted by molar-refractivity contribution is 0.601. The zero-order valence-electron chi connectivity index (χ0n) is 9.64. The lowest BCUT2D eigenvalue weighted by Gasteiger charge is -2.02. The van der Waals surface area contributed by atoms with Crippen LogP contribution in [0.4, 0.5) is 0 Å². The van der Waals surface area contributed by atoms with Crippen LogP contribution in [-0.4, -0.2) is 10.8 Å². The Hall–Kier alpha value is -2.21. The second-order valence-electron chi connectivity index (χ2n) is 3.65. The molecule has 0 aliphatic heterocycles. The molecule has 1 heterocycles. The first-order valence-electron chi connectivity index (χ1n) is 5.20. The van der Waals surface area contributed by atoms with Crippen molar-refractivity contribution in [1.82, 2.24) is 5.43 Å². The molecule has 0 amide bonds. The van der Waals surface area contributed by atoms with Gasteiger partial charge in [-0.15, -0.1) is 0 Å². The van der Waals surface area contributed by atoms with Crippen molar-refractivity contribution in [3.63, 3.8) is 0 Å². The maximum absolute atomic E-state index is 12.2. The predicted octanol–water partition coefficient (Wildman–Crippen LogP) is 1.35. The lowest BCUT2D eigenvalue weighted by Crippen LogP contribution is -2.26. The summed E-state index contributed by atoms with van der Waals surface area (Å²) in [6.07, 6.45) is 1.38. The molecule has 0 atom stereocenters. The second-order valence-corrected chi connectivity index (χ2v) is 4.09. The van der Waals surface area contributed by atoms with Gasteiger partial charge in [-0.3, -0.25) is 10.2 Å². The van der Waals surface area contributed by atoms with Crippen molar-refractivity contribution < 1.29 is 4.42 Å². The Labute approximate surface area is 108 Å². The Morgan fingerprint density at radius 3 is 2.89 bits per heavy atom. The van der Waals surface area contributed by atoms with Crippen LogP contribution in [0.1, 0.15) is 12.5 Å². The minimum absolute atomic E-state index is 0.0412. The van der Waals surface area contributed by atoms with E-state index < -0.39 is 0 Å². The molecular formula is C12H11N3O2S. The zero-order valence-corrected chi connectivity index (χ0v) is 10.5. The molecule has 0 aliphatic rings. The van der Waals surface area contributed by atoms with Crippen molar-refractivity contribution in [3.8, 4) is 0 Å². The number of nitrogens with zero attached hydrogens (tertiary/aromatic N) is 1. The number of nitrogens with one attached hydrogen (secondary N) is 1. The van der Waals surface area contributed by atoms with Crippen molar-refractivity contribution in [3.05, 3.63) is 46.3 Å². The van der Waals surface area contributed by atoms with Crippen LogP contribution in [0.15, 0.2) is 44.8 Å². The molecule has 92 valence electrons. The van der Waals surface area contributed by atoms with Gasteiger partial charge in [0.15, 0.2) is 5.11 Å². The van der Waals surface area contributed by atoms with E-state index in [4.69, 9.17) is 10.2 Å². The van der Waals surface area contributed by atoms with E-state index in [2.05, 4.69) is 22.7 Å². The Balaban J connectivity index is 2.53. The number of thiocarbonyl (C=S) groups is 1. The van der Waals surface area contributed by atoms with Gasteiger partial charge in [0.05, 0.1) is 16.7 Å². The minimum Gasteiger partial charge on any atom is -0.463 e. The summed E-state index contributed by atoms with van der Waals surface area (Å²) in [4.78, 5) is 12.2. The molecule has 1 aromatic heterocycles. The summed E-state index contributed by atoms with van der Waals surface area (Å²) in [7, 11) is 0. The Kier molecular flexibility index (Phi) is 3.38. The Morgan fingerprint density at radius 1 is 1.44 bits per heavy atom. The highest BCUT2D eigenvalue weighted by atomic mass is 32.1. The third kappa shape index (κ3) is 2.38. The van der Waals surface area contributed by atoms with Gasteiger partial charge in [0.25, 0.3) is 0 Å². The smallest absolute Gasteiger partial charge is 0.201 e. The average molecular weight is 261 g/mol. The lowest BCUT2D eigenvalue weighted by atomic mass is 10.1. The number of para-hydroxylation sites is 1. The fourth-order valence-electron chi connectivity index (χ4n) is 1.53. The predicted molar refractivity (Wildman–Crippen MR) is 74.6 cm³/mol. The second kappa shape index (κ2) is 4.97. The van der Waals surface area contributed by atoms with E-state index in [1.807, 2.05) is 0 Å². The molecule has 0 fully saturated rings. The molecule has 0 radical (unpaired) electrons. The Bertz CT molecular complexity index is 691. The van der Waals surface area contributed by atoms with Crippen molar-refractivity contribution in [1.29, 1.82) is 0 Å². The number of rotatable bonds is 2. The van der Waals surface area contributed by atoms with E-state index in [-0.39, 0.29) is 10.5 Å². The summed E-state index contributed by atoms with van der Waals surface area (Å²) in [6, 6.07) is 7.03. The van der Waals surface area contributed by atoms with Crippen LogP contribution in [0.3, 0.4) is 0 Å². The van der Waals surface area contributed by atoms with Gasteiger partial charge in [0.1, 0.15) is 11.8 Å². The standard InChI is InChI=1S/C12H11N3O2S/c1-7(14-15-12(13)18)9-6-17-10-5-3-2-4-8(10)11(9)16/h2-6H,1H3,(H3,13,15,18)/b14-7+. The van der Waals surface area contributed by atoms with Gasteiger partial charge in [-0.05, 0) is 31.3 Å². The number of fused-ring (bicyclic) bond motifs is 1. The maximum atomic E-state index is 12.2. The summed E-state index contributed by atoms with van der Waals surface area (Å²) in [6.45, 7) is 1.67. The van der Waals surface area contributed by atoms with Gasteiger partial charge in [-0.2, -0.15) is 5.10 Å². The van der Waals surface area contributed by atoms with E-state index in [0.29, 0.717) is 22.2 Å². The SMILES string of the molecule is C/C(=N\NC(N)=S)c1coc2ccccc2c1=O. The van der Waals surface area contributed by atoms with E-state index >= 15 is 0 Å². The normalized spacial score (nSPS) is 11.5. The molecule has 18 heavy (non-hydrogen) atoms. The average Bonchev–Trinajstić information content (AvgIpc) is 2.37. The van der Waals surface area contributed by atoms with Crippen LogP contribution in [0.5, 0.6) is 0 Å². The molecule has 0 spiro atoms. The van der Waals surface area contributed by atoms with Gasteiger partial charge in [0, 0.05) is 0 Å². The summed E-state index contributed by atoms with van der Waals surface area (Å²) >= 11 is 4.63. The van der Waals surface area contributed by atoms with E-state index in [0.717, 1.165) is 0 Å². The van der Waals surface area contributed by atoms with E-state index in [9.17, 15) is 4.79 Å². The molecule has 0 saturated carbocycles. The molecule has 2 aromatic rings. The fourth-order valence-corrected chi connectivity index (χ4v) is 1.57. The topological polar surface area (TPSA) is 80.6 Å². The maximum Gasteiger partial charge on any atom is 0.201 e. The molecular weight excluding hydrogens is 250 g/mol. The van der Waals surface area contributed by atoms with Gasteiger partial charge >= 0.3 is 0 Å². The van der Waals surface area contributed by atoms with Crippen LogP contribution in [0, 0.1) is 0 Å². The highest BCUT2D eigenvalue weighted by Crippen LogP contribution is 2.10. The molecule has 2 rings (SSSR count). The number of hydrazone groups is 1. The quantitative estimate of drug-likeness (QED) is 0.484. The number of nitrogens with two attached hydrogens (primary N) is 1. The van der Waals surface area contributed by atoms with Crippen LogP contribution in [-0.2, 0) is 0 Å². The first-order valence-corrected chi connectivity index (χ1v) is 5.61. The molecule has 0 unspecified atom stereocenters. The van der Waals surface area contributed by atoms with Crippen LogP contribution in [0.25, 0.3) is 11.0 Å². The van der Waals surface area contributed by atoms with Gasteiger partial charge < -0.3 is 10.2 Å². The molecule has 0 saturated heterocycles. The fraction of sp³-hybridized carbons (Fsp3) is 0.0833. The number of hydrogen-bond donors (Lipinski definition) is 2. The minimum atomic E-state index is -0.136. The van der Waals surface area contributed by atoms with E-state index in [1.165, 1.54) is 6.26 Å². The zero-order chi connectivity index (χ0) is 13.1. The Morgan fingerprint density at radius 2 is 2.17 bits per heavy atom. The van der Waals surface area contributed by atoms with E-state index in [1.54, 1.807) is 31.2 Å². The van der Waals surface area contributed by atoms with Crippen molar-refractivity contribution in [2.75, 3.05) is 0 Å². The molecule has 5 nitrogen and oxygen atoms in total. The highest BCUT2D eigenvalue weighted by Gasteiger charge is 2.08. The number of benzene rings is 1. The van der Waals surface area contributed by atoms with Crippen LogP contribution >= 0.6 is 12.2 Å². The number of hydrogen-bond acceptors (Lipinski definition) is 4. The first-order chi connectivity index (χ1) is 8.59.